The number of carbonyl (C=O) groups excluding carboxylic acids is 1. The molecule has 1 aromatic carbocycles. The third kappa shape index (κ3) is 2.22. The quantitative estimate of drug-likeness (QED) is 0.529. The molecule has 0 fully saturated rings. The molecule has 0 aliphatic carbocycles. The van der Waals surface area contributed by atoms with Crippen LogP contribution in [0, 0.1) is 6.92 Å². The molecule has 2 heteroatoms. The van der Waals surface area contributed by atoms with Crippen molar-refractivity contribution in [2.75, 3.05) is 0 Å². The van der Waals surface area contributed by atoms with Gasteiger partial charge in [0.25, 0.3) is 0 Å². The van der Waals surface area contributed by atoms with Crippen LogP contribution in [-0.4, -0.2) is 5.97 Å². The van der Waals surface area contributed by atoms with Gasteiger partial charge in [-0.25, -0.2) is 0 Å². The molecule has 0 N–H and O–H groups in total. The number of ether oxygens (including phenoxy) is 1. The second-order valence-electron chi connectivity index (χ2n) is 3.32. The average molecular weight is 190 g/mol. The Morgan fingerprint density at radius 3 is 2.50 bits per heavy atom. The van der Waals surface area contributed by atoms with Crippen LogP contribution >= 0.6 is 0 Å². The molecule has 0 aliphatic heterocycles. The van der Waals surface area contributed by atoms with Crippen LogP contribution in [0.4, 0.5) is 0 Å². The molecular weight excluding hydrogens is 176 g/mol. The maximum absolute atomic E-state index is 10.8. The molecule has 0 saturated heterocycles. The zero-order valence-electron chi connectivity index (χ0n) is 8.76. The van der Waals surface area contributed by atoms with Gasteiger partial charge in [0.05, 0.1) is 0 Å². The average Bonchev–Trinajstić information content (AvgIpc) is 2.01. The molecule has 0 bridgehead atoms. The first kappa shape index (κ1) is 10.5. The van der Waals surface area contributed by atoms with Crippen molar-refractivity contribution in [3.63, 3.8) is 0 Å². The predicted molar refractivity (Wildman–Crippen MR) is 57.2 cm³/mol. The van der Waals surface area contributed by atoms with Crippen LogP contribution in [0.1, 0.15) is 25.0 Å². The van der Waals surface area contributed by atoms with Gasteiger partial charge in [-0.1, -0.05) is 18.7 Å². The lowest BCUT2D eigenvalue weighted by Gasteiger charge is -2.11. The molecule has 0 aliphatic rings. The number of allylic oxidation sites excluding steroid dienone is 1. The van der Waals surface area contributed by atoms with Crippen LogP contribution in [-0.2, 0) is 4.79 Å². The van der Waals surface area contributed by atoms with Crippen molar-refractivity contribution in [3.05, 3.63) is 35.9 Å². The number of hydrogen-bond acceptors (Lipinski definition) is 2. The predicted octanol–water partition coefficient (Wildman–Crippen LogP) is 2.95. The number of carbonyl (C=O) groups is 1. The molecule has 14 heavy (non-hydrogen) atoms. The van der Waals surface area contributed by atoms with Crippen molar-refractivity contribution in [2.45, 2.75) is 20.8 Å². The fourth-order valence-corrected chi connectivity index (χ4v) is 1.43. The number of rotatable bonds is 2. The number of hydrogen-bond donors (Lipinski definition) is 0. The number of esters is 1. The SMILES string of the molecule is C=C(C)c1c(C)cccc1OC(C)=O. The maximum Gasteiger partial charge on any atom is 0.308 e. The minimum absolute atomic E-state index is 0.307. The summed E-state index contributed by atoms with van der Waals surface area (Å²) >= 11 is 0. The largest absolute Gasteiger partial charge is 0.426 e. The van der Waals surface area contributed by atoms with Gasteiger partial charge < -0.3 is 4.74 Å². The zero-order chi connectivity index (χ0) is 10.7. The van der Waals surface area contributed by atoms with Crippen molar-refractivity contribution in [3.8, 4) is 5.75 Å². The Morgan fingerprint density at radius 2 is 2.00 bits per heavy atom. The Hall–Kier alpha value is -1.57. The molecule has 1 rings (SSSR count). The van der Waals surface area contributed by atoms with E-state index in [4.69, 9.17) is 4.74 Å². The summed E-state index contributed by atoms with van der Waals surface area (Å²) in [5.41, 5.74) is 2.89. The van der Waals surface area contributed by atoms with Gasteiger partial charge in [0, 0.05) is 12.5 Å². The molecule has 0 saturated carbocycles. The zero-order valence-corrected chi connectivity index (χ0v) is 8.76. The van der Waals surface area contributed by atoms with Gasteiger partial charge in [-0.05, 0) is 31.1 Å². The molecule has 0 amide bonds. The van der Waals surface area contributed by atoms with Gasteiger partial charge in [-0.3, -0.25) is 4.79 Å². The summed E-state index contributed by atoms with van der Waals surface area (Å²) in [5.74, 6) is 0.281. The fourth-order valence-electron chi connectivity index (χ4n) is 1.43. The van der Waals surface area contributed by atoms with Crippen molar-refractivity contribution in [2.24, 2.45) is 0 Å². The van der Waals surface area contributed by atoms with Gasteiger partial charge in [0.15, 0.2) is 0 Å². The second-order valence-corrected chi connectivity index (χ2v) is 3.32. The van der Waals surface area contributed by atoms with Gasteiger partial charge in [-0.2, -0.15) is 0 Å². The van der Waals surface area contributed by atoms with E-state index in [2.05, 4.69) is 6.58 Å². The fraction of sp³-hybridized carbons (Fsp3) is 0.250. The van der Waals surface area contributed by atoms with E-state index >= 15 is 0 Å². The van der Waals surface area contributed by atoms with Crippen LogP contribution in [0.5, 0.6) is 5.75 Å². The summed E-state index contributed by atoms with van der Waals surface area (Å²) in [5, 5.41) is 0. The van der Waals surface area contributed by atoms with Crippen molar-refractivity contribution in [1.82, 2.24) is 0 Å². The lowest BCUT2D eigenvalue weighted by molar-refractivity contribution is -0.131. The van der Waals surface area contributed by atoms with E-state index in [1.165, 1.54) is 6.92 Å². The first-order chi connectivity index (χ1) is 6.52. The maximum atomic E-state index is 10.8. The first-order valence-corrected chi connectivity index (χ1v) is 4.46. The monoisotopic (exact) mass is 190 g/mol. The van der Waals surface area contributed by atoms with E-state index in [9.17, 15) is 4.79 Å². The summed E-state index contributed by atoms with van der Waals surface area (Å²) in [4.78, 5) is 10.8. The van der Waals surface area contributed by atoms with E-state index in [-0.39, 0.29) is 5.97 Å². The molecule has 0 unspecified atom stereocenters. The topological polar surface area (TPSA) is 26.3 Å². The van der Waals surface area contributed by atoms with Crippen molar-refractivity contribution < 1.29 is 9.53 Å². The van der Waals surface area contributed by atoms with Crippen LogP contribution in [0.3, 0.4) is 0 Å². The van der Waals surface area contributed by atoms with Gasteiger partial charge in [0.2, 0.25) is 0 Å². The highest BCUT2D eigenvalue weighted by Gasteiger charge is 2.08. The summed E-state index contributed by atoms with van der Waals surface area (Å²) in [6, 6.07) is 5.61. The molecule has 0 aromatic heterocycles. The van der Waals surface area contributed by atoms with Gasteiger partial charge in [0.1, 0.15) is 5.75 Å². The minimum atomic E-state index is -0.307. The van der Waals surface area contributed by atoms with Crippen LogP contribution in [0.25, 0.3) is 5.57 Å². The van der Waals surface area contributed by atoms with E-state index in [0.29, 0.717) is 5.75 Å². The Kier molecular flexibility index (Phi) is 3.07. The van der Waals surface area contributed by atoms with E-state index in [1.54, 1.807) is 6.07 Å². The standard InChI is InChI=1S/C12H14O2/c1-8(2)12-9(3)6-5-7-11(12)14-10(4)13/h5-7H,1H2,2-4H3. The summed E-state index contributed by atoms with van der Waals surface area (Å²) in [6.45, 7) is 9.12. The van der Waals surface area contributed by atoms with E-state index in [0.717, 1.165) is 16.7 Å². The van der Waals surface area contributed by atoms with Crippen LogP contribution < -0.4 is 4.74 Å². The van der Waals surface area contributed by atoms with Crippen molar-refractivity contribution >= 4 is 11.5 Å². The Bertz CT molecular complexity index is 378. The third-order valence-corrected chi connectivity index (χ3v) is 1.92. The Labute approximate surface area is 84.2 Å². The van der Waals surface area contributed by atoms with Gasteiger partial charge >= 0.3 is 5.97 Å². The van der Waals surface area contributed by atoms with Crippen molar-refractivity contribution in [1.29, 1.82) is 0 Å². The summed E-state index contributed by atoms with van der Waals surface area (Å²) in [7, 11) is 0. The third-order valence-electron chi connectivity index (χ3n) is 1.92. The molecule has 0 heterocycles. The van der Waals surface area contributed by atoms with Crippen LogP contribution in [0.2, 0.25) is 0 Å². The van der Waals surface area contributed by atoms with E-state index in [1.807, 2.05) is 26.0 Å². The summed E-state index contributed by atoms with van der Waals surface area (Å²) in [6.07, 6.45) is 0. The number of aryl methyl sites for hydroxylation is 1. The highest BCUT2D eigenvalue weighted by atomic mass is 16.5. The molecule has 2 nitrogen and oxygen atoms in total. The highest BCUT2D eigenvalue weighted by molar-refractivity contribution is 5.75. The van der Waals surface area contributed by atoms with Crippen LogP contribution in [0.15, 0.2) is 24.8 Å². The minimum Gasteiger partial charge on any atom is -0.426 e. The molecule has 74 valence electrons. The number of benzene rings is 1. The molecular formula is C12H14O2. The lowest BCUT2D eigenvalue weighted by Crippen LogP contribution is -2.04. The smallest absolute Gasteiger partial charge is 0.308 e. The Balaban J connectivity index is 3.21. The first-order valence-electron chi connectivity index (χ1n) is 4.46. The van der Waals surface area contributed by atoms with E-state index < -0.39 is 0 Å². The Morgan fingerprint density at radius 1 is 1.36 bits per heavy atom. The summed E-state index contributed by atoms with van der Waals surface area (Å²) < 4.78 is 5.09. The molecule has 0 radical (unpaired) electrons. The van der Waals surface area contributed by atoms with Gasteiger partial charge in [-0.15, -0.1) is 0 Å². The normalized spacial score (nSPS) is 9.64. The molecule has 0 spiro atoms. The second kappa shape index (κ2) is 4.09. The molecule has 1 aromatic rings. The lowest BCUT2D eigenvalue weighted by atomic mass is 10.0. The molecule has 0 atom stereocenters. The highest BCUT2D eigenvalue weighted by Crippen LogP contribution is 2.28.